The van der Waals surface area contributed by atoms with Gasteiger partial charge in [-0.2, -0.15) is 0 Å². The van der Waals surface area contributed by atoms with Crippen LogP contribution in [0, 0.1) is 0 Å². The molecule has 0 N–H and O–H groups in total. The third-order valence-corrected chi connectivity index (χ3v) is 9.66. The molecule has 6 bridgehead atoms. The van der Waals surface area contributed by atoms with Crippen LogP contribution in [-0.4, -0.2) is 0 Å². The fraction of sp³-hybridized carbons (Fsp3) is 0.273. The van der Waals surface area contributed by atoms with Gasteiger partial charge in [-0.15, -0.1) is 19.7 Å². The molecule has 7 aliphatic rings. The molecule has 3 aromatic carbocycles. The molecule has 0 heterocycles. The molecule has 0 amide bonds. The fourth-order valence-corrected chi connectivity index (χ4v) is 7.15. The lowest BCUT2D eigenvalue weighted by Crippen LogP contribution is -2.09. The number of rotatable bonds is 3. The summed E-state index contributed by atoms with van der Waals surface area (Å²) in [6.45, 7) is 12.8. The van der Waals surface area contributed by atoms with Crippen LogP contribution >= 0.6 is 0 Å². The van der Waals surface area contributed by atoms with E-state index in [2.05, 4.69) is 111 Å². The molecule has 7 aliphatic carbocycles. The fourth-order valence-electron chi connectivity index (χ4n) is 7.15. The molecular weight excluding hydrogens is 396 g/mol. The highest BCUT2D eigenvalue weighted by atomic mass is 14.6. The maximum absolute atomic E-state index is 4.25. The molecular formula is C33H30. The molecule has 3 saturated carbocycles. The summed E-state index contributed by atoms with van der Waals surface area (Å²) in [4.78, 5) is 0. The first-order valence-electron chi connectivity index (χ1n) is 12.3. The van der Waals surface area contributed by atoms with Crippen molar-refractivity contribution in [3.63, 3.8) is 0 Å². The molecule has 0 nitrogen and oxygen atoms in total. The van der Waals surface area contributed by atoms with Crippen LogP contribution in [-0.2, 0) is 16.2 Å². The summed E-state index contributed by atoms with van der Waals surface area (Å²) in [7, 11) is 0. The predicted octanol–water partition coefficient (Wildman–Crippen LogP) is 7.83. The van der Waals surface area contributed by atoms with Crippen LogP contribution in [0.1, 0.15) is 70.4 Å². The van der Waals surface area contributed by atoms with Crippen LogP contribution in [0.4, 0.5) is 0 Å². The largest absolute Gasteiger partial charge is 0.102 e. The van der Waals surface area contributed by atoms with Gasteiger partial charge in [0.25, 0.3) is 0 Å². The Morgan fingerprint density at radius 1 is 0.455 bits per heavy atom. The highest BCUT2D eigenvalue weighted by Crippen LogP contribution is 2.65. The number of fused-ring (bicyclic) bond motifs is 3. The second-order valence-corrected chi connectivity index (χ2v) is 10.9. The van der Waals surface area contributed by atoms with Crippen molar-refractivity contribution >= 4 is 0 Å². The molecule has 0 radical (unpaired) electrons. The van der Waals surface area contributed by atoms with E-state index in [4.69, 9.17) is 0 Å². The third-order valence-electron chi connectivity index (χ3n) is 9.66. The summed E-state index contributed by atoms with van der Waals surface area (Å²) in [5, 5.41) is 0. The van der Waals surface area contributed by atoms with E-state index >= 15 is 0 Å². The van der Waals surface area contributed by atoms with Crippen LogP contribution in [0.3, 0.4) is 0 Å². The second-order valence-electron chi connectivity index (χ2n) is 10.9. The number of hydrogen-bond donors (Lipinski definition) is 0. The summed E-state index contributed by atoms with van der Waals surface area (Å²) in [6, 6.07) is 28.3. The van der Waals surface area contributed by atoms with Crippen LogP contribution in [0.15, 0.2) is 111 Å². The van der Waals surface area contributed by atoms with Crippen LogP contribution in [0.2, 0.25) is 0 Å². The van der Waals surface area contributed by atoms with E-state index in [9.17, 15) is 0 Å². The smallest absolute Gasteiger partial charge is 0.0205 e. The maximum Gasteiger partial charge on any atom is 0.0205 e. The normalized spacial score (nSPS) is 36.5. The first-order chi connectivity index (χ1) is 16.1. The van der Waals surface area contributed by atoms with Gasteiger partial charge in [0.05, 0.1) is 0 Å². The van der Waals surface area contributed by atoms with Crippen molar-refractivity contribution in [3.8, 4) is 0 Å². The van der Waals surface area contributed by atoms with E-state index in [-0.39, 0.29) is 16.2 Å². The van der Waals surface area contributed by atoms with Gasteiger partial charge in [0.2, 0.25) is 0 Å². The van der Waals surface area contributed by atoms with Crippen LogP contribution in [0.25, 0.3) is 0 Å². The summed E-state index contributed by atoms with van der Waals surface area (Å²) < 4.78 is 0. The van der Waals surface area contributed by atoms with E-state index in [1.54, 1.807) is 0 Å². The highest BCUT2D eigenvalue weighted by Gasteiger charge is 2.57. The molecule has 0 aliphatic heterocycles. The maximum atomic E-state index is 4.25. The van der Waals surface area contributed by atoms with Gasteiger partial charge in [-0.05, 0) is 70.4 Å². The Kier molecular flexibility index (Phi) is 3.67. The van der Waals surface area contributed by atoms with Crippen LogP contribution in [0.5, 0.6) is 0 Å². The zero-order chi connectivity index (χ0) is 22.4. The summed E-state index contributed by atoms with van der Waals surface area (Å²) in [5.74, 6) is 1.55. The van der Waals surface area contributed by atoms with Gasteiger partial charge < -0.3 is 0 Å². The third kappa shape index (κ3) is 2.42. The Bertz CT molecular complexity index is 1130. The van der Waals surface area contributed by atoms with Crippen molar-refractivity contribution in [1.29, 1.82) is 0 Å². The van der Waals surface area contributed by atoms with Gasteiger partial charge in [0.15, 0.2) is 0 Å². The van der Waals surface area contributed by atoms with Gasteiger partial charge in [0, 0.05) is 16.2 Å². The molecule has 3 fully saturated rings. The molecule has 0 heteroatoms. The van der Waals surface area contributed by atoms with E-state index in [0.717, 1.165) is 19.3 Å². The summed E-state index contributed by atoms with van der Waals surface area (Å²) in [5.41, 5.74) is 8.68. The van der Waals surface area contributed by atoms with E-state index in [1.165, 1.54) is 33.4 Å². The number of benzene rings is 3. The second kappa shape index (κ2) is 6.26. The first-order valence-corrected chi connectivity index (χ1v) is 12.3. The van der Waals surface area contributed by atoms with Gasteiger partial charge in [-0.25, -0.2) is 0 Å². The average molecular weight is 427 g/mol. The minimum absolute atomic E-state index is 0.0674. The standard InChI is InChI=1S/C33H30/c1-4-31-19-28(31)22-9-15-26(16-10-22)32(5-2)21-30(32)24-11-17-27(18-12-24)33(6-3)20-29(33)23-7-13-25(31)14-8-23/h4-18,28-30H,1-3,19-21H2/t28-,29-,30-,31+,32+,33+/m1/s1. The Morgan fingerprint density at radius 3 is 0.909 bits per heavy atom. The molecule has 10 rings (SSSR count). The first kappa shape index (κ1) is 19.4. The van der Waals surface area contributed by atoms with E-state index < -0.39 is 0 Å². The lowest BCUT2D eigenvalue weighted by Gasteiger charge is -2.19. The molecule has 0 spiro atoms. The van der Waals surface area contributed by atoms with Crippen molar-refractivity contribution in [1.82, 2.24) is 0 Å². The van der Waals surface area contributed by atoms with Gasteiger partial charge in [0.1, 0.15) is 0 Å². The molecule has 33 heavy (non-hydrogen) atoms. The summed E-state index contributed by atoms with van der Waals surface area (Å²) in [6.07, 6.45) is 10.0. The van der Waals surface area contributed by atoms with Crippen LogP contribution < -0.4 is 0 Å². The van der Waals surface area contributed by atoms with Crippen molar-refractivity contribution < 1.29 is 0 Å². The monoisotopic (exact) mass is 426 g/mol. The number of hydrogen-bond acceptors (Lipinski definition) is 0. The average Bonchev–Trinajstić information content (AvgIpc) is 3.79. The predicted molar refractivity (Wildman–Crippen MR) is 137 cm³/mol. The lowest BCUT2D eigenvalue weighted by molar-refractivity contribution is 0.817. The van der Waals surface area contributed by atoms with Gasteiger partial charge in [-0.3, -0.25) is 0 Å². The quantitative estimate of drug-likeness (QED) is 0.374. The highest BCUT2D eigenvalue weighted by molar-refractivity contribution is 5.55. The molecule has 0 unspecified atom stereocenters. The Labute approximate surface area is 197 Å². The van der Waals surface area contributed by atoms with Crippen molar-refractivity contribution in [3.05, 3.63) is 144 Å². The Hall–Kier alpha value is -3.12. The molecule has 6 atom stereocenters. The van der Waals surface area contributed by atoms with E-state index in [0.29, 0.717) is 17.8 Å². The van der Waals surface area contributed by atoms with Crippen molar-refractivity contribution in [2.45, 2.75) is 53.3 Å². The summed E-state index contributed by atoms with van der Waals surface area (Å²) >= 11 is 0. The zero-order valence-electron chi connectivity index (χ0n) is 19.1. The van der Waals surface area contributed by atoms with Crippen molar-refractivity contribution in [2.75, 3.05) is 0 Å². The van der Waals surface area contributed by atoms with Crippen molar-refractivity contribution in [2.24, 2.45) is 0 Å². The number of allylic oxidation sites excluding steroid dienone is 3. The minimum Gasteiger partial charge on any atom is -0.102 e. The minimum atomic E-state index is 0.0674. The molecule has 162 valence electrons. The molecule has 0 aromatic heterocycles. The van der Waals surface area contributed by atoms with Gasteiger partial charge in [-0.1, -0.05) is 91.0 Å². The molecule has 0 saturated heterocycles. The van der Waals surface area contributed by atoms with E-state index in [1.807, 2.05) is 0 Å². The topological polar surface area (TPSA) is 0 Å². The Balaban J connectivity index is 1.38. The van der Waals surface area contributed by atoms with Gasteiger partial charge >= 0.3 is 0 Å². The molecule has 3 aromatic rings. The Morgan fingerprint density at radius 2 is 0.697 bits per heavy atom. The SMILES string of the molecule is C=C[C@@]12C[C@@H]1c1ccc(cc1)[C@]1(C=C)C[C@@H]1c1ccc(cc1)[C@]1(C=C)C[C@@H]1c1ccc2cc1. The lowest BCUT2D eigenvalue weighted by atomic mass is 9.85. The zero-order valence-corrected chi connectivity index (χ0v) is 19.1.